The second-order valence-electron chi connectivity index (χ2n) is 7.67. The Labute approximate surface area is 192 Å². The number of rotatable bonds is 6. The Morgan fingerprint density at radius 3 is 2.12 bits per heavy atom. The monoisotopic (exact) mass is 465 g/mol. The fourth-order valence-electron chi connectivity index (χ4n) is 3.84. The minimum Gasteiger partial charge on any atom is -0.497 e. The van der Waals surface area contributed by atoms with Crippen molar-refractivity contribution in [2.45, 2.75) is 5.54 Å². The van der Waals surface area contributed by atoms with E-state index in [1.54, 1.807) is 26.3 Å². The molecule has 170 valence electrons. The Morgan fingerprint density at radius 2 is 1.55 bits per heavy atom. The van der Waals surface area contributed by atoms with Crippen molar-refractivity contribution in [1.82, 2.24) is 4.90 Å². The lowest BCUT2D eigenvalue weighted by atomic mass is 9.81. The molecular weight excluding hydrogens is 442 g/mol. The van der Waals surface area contributed by atoms with E-state index in [0.717, 1.165) is 17.4 Å². The van der Waals surface area contributed by atoms with E-state index in [0.29, 0.717) is 16.9 Å². The molecule has 1 heterocycles. The predicted molar refractivity (Wildman–Crippen MR) is 126 cm³/mol. The number of aliphatic imine (C=N–C) groups is 1. The molecule has 3 aromatic rings. The van der Waals surface area contributed by atoms with Gasteiger partial charge in [-0.05, 0) is 52.6 Å². The summed E-state index contributed by atoms with van der Waals surface area (Å²) in [5.74, 6) is 0.619. The van der Waals surface area contributed by atoms with Crippen molar-refractivity contribution in [3.8, 4) is 22.6 Å². The third-order valence-electron chi connectivity index (χ3n) is 5.44. The summed E-state index contributed by atoms with van der Waals surface area (Å²) < 4.78 is 33.2. The van der Waals surface area contributed by atoms with Crippen molar-refractivity contribution >= 4 is 22.0 Å². The zero-order chi connectivity index (χ0) is 23.8. The SMILES string of the molecule is COc1cccc(-c2cccc(C3(c4ccc(OS(C)(=O)=O)cc4)N=C(N)N(C)C3=O)c2)c1. The zero-order valence-corrected chi connectivity index (χ0v) is 19.2. The molecule has 3 aromatic carbocycles. The van der Waals surface area contributed by atoms with Gasteiger partial charge in [-0.25, -0.2) is 4.99 Å². The maximum atomic E-state index is 13.5. The van der Waals surface area contributed by atoms with Crippen LogP contribution in [0.1, 0.15) is 11.1 Å². The molecule has 0 radical (unpaired) electrons. The molecule has 1 aliphatic rings. The molecule has 0 aliphatic carbocycles. The molecule has 4 rings (SSSR count). The first kappa shape index (κ1) is 22.3. The number of guanidine groups is 1. The number of nitrogens with zero attached hydrogens (tertiary/aromatic N) is 2. The summed E-state index contributed by atoms with van der Waals surface area (Å²) in [5, 5.41) is 0. The van der Waals surface area contributed by atoms with E-state index < -0.39 is 15.7 Å². The van der Waals surface area contributed by atoms with Gasteiger partial charge < -0.3 is 14.7 Å². The van der Waals surface area contributed by atoms with Crippen LogP contribution in [0.4, 0.5) is 0 Å². The van der Waals surface area contributed by atoms with Gasteiger partial charge in [0, 0.05) is 7.05 Å². The number of carbonyl (C=O) groups excluding carboxylic acids is 1. The van der Waals surface area contributed by atoms with Gasteiger partial charge in [0.1, 0.15) is 11.5 Å². The number of methoxy groups -OCH3 is 1. The van der Waals surface area contributed by atoms with Crippen LogP contribution in [-0.2, 0) is 20.5 Å². The minimum absolute atomic E-state index is 0.0863. The first-order valence-electron chi connectivity index (χ1n) is 10.0. The summed E-state index contributed by atoms with van der Waals surface area (Å²) >= 11 is 0. The lowest BCUT2D eigenvalue weighted by Gasteiger charge is -2.26. The van der Waals surface area contributed by atoms with E-state index >= 15 is 0 Å². The molecule has 33 heavy (non-hydrogen) atoms. The fraction of sp³-hybridized carbons (Fsp3) is 0.167. The Morgan fingerprint density at radius 1 is 0.909 bits per heavy atom. The lowest BCUT2D eigenvalue weighted by molar-refractivity contribution is -0.129. The standard InChI is InChI=1S/C24H23N3O5S/c1-27-22(28)24(26-23(27)25,18-10-12-20(13-11-18)32-33(3,29)30)19-8-4-6-16(14-19)17-7-5-9-21(15-17)31-2/h4-15H,1-3H3,(H2,25,26). The summed E-state index contributed by atoms with van der Waals surface area (Å²) in [4.78, 5) is 19.4. The molecule has 9 heteroatoms. The van der Waals surface area contributed by atoms with Crippen molar-refractivity contribution in [1.29, 1.82) is 0 Å². The number of hydrogen-bond donors (Lipinski definition) is 1. The average Bonchev–Trinajstić information content (AvgIpc) is 3.03. The summed E-state index contributed by atoms with van der Waals surface area (Å²) in [6, 6.07) is 21.3. The summed E-state index contributed by atoms with van der Waals surface area (Å²) in [7, 11) is -0.511. The van der Waals surface area contributed by atoms with Gasteiger partial charge in [-0.1, -0.05) is 42.5 Å². The number of likely N-dealkylation sites (N-methyl/N-ethyl adjacent to an activating group) is 1. The summed E-state index contributed by atoms with van der Waals surface area (Å²) in [5.41, 5.74) is 7.58. The third kappa shape index (κ3) is 4.14. The molecule has 1 amide bonds. The van der Waals surface area contributed by atoms with Crippen LogP contribution in [0.2, 0.25) is 0 Å². The van der Waals surface area contributed by atoms with Gasteiger partial charge in [0.25, 0.3) is 5.91 Å². The quantitative estimate of drug-likeness (QED) is 0.561. The highest BCUT2D eigenvalue weighted by Gasteiger charge is 2.49. The van der Waals surface area contributed by atoms with Gasteiger partial charge in [0.15, 0.2) is 11.5 Å². The molecule has 2 N–H and O–H groups in total. The maximum Gasteiger partial charge on any atom is 0.306 e. The van der Waals surface area contributed by atoms with Gasteiger partial charge in [0.05, 0.1) is 13.4 Å². The van der Waals surface area contributed by atoms with Crippen molar-refractivity contribution in [3.05, 3.63) is 83.9 Å². The lowest BCUT2D eigenvalue weighted by Crippen LogP contribution is -2.41. The van der Waals surface area contributed by atoms with Crippen molar-refractivity contribution < 1.29 is 22.1 Å². The molecule has 0 saturated heterocycles. The van der Waals surface area contributed by atoms with E-state index in [1.807, 2.05) is 48.5 Å². The van der Waals surface area contributed by atoms with E-state index in [4.69, 9.17) is 14.7 Å². The van der Waals surface area contributed by atoms with Gasteiger partial charge in [-0.3, -0.25) is 9.69 Å². The average molecular weight is 466 g/mol. The molecule has 0 aromatic heterocycles. The smallest absolute Gasteiger partial charge is 0.306 e. The Balaban J connectivity index is 1.85. The highest BCUT2D eigenvalue weighted by Crippen LogP contribution is 2.41. The molecule has 0 saturated carbocycles. The molecule has 8 nitrogen and oxygen atoms in total. The Kier molecular flexibility index (Phi) is 5.59. The van der Waals surface area contributed by atoms with Gasteiger partial charge in [0.2, 0.25) is 0 Å². The van der Waals surface area contributed by atoms with Gasteiger partial charge >= 0.3 is 10.1 Å². The van der Waals surface area contributed by atoms with Crippen molar-refractivity contribution in [2.75, 3.05) is 20.4 Å². The first-order valence-corrected chi connectivity index (χ1v) is 11.8. The van der Waals surface area contributed by atoms with E-state index in [1.165, 1.54) is 17.0 Å². The van der Waals surface area contributed by atoms with Crippen LogP contribution in [0.15, 0.2) is 77.8 Å². The largest absolute Gasteiger partial charge is 0.497 e. The van der Waals surface area contributed by atoms with Crippen LogP contribution in [0, 0.1) is 0 Å². The normalized spacial score (nSPS) is 18.2. The molecule has 0 spiro atoms. The Hall–Kier alpha value is -3.85. The molecule has 0 fully saturated rings. The number of benzene rings is 3. The van der Waals surface area contributed by atoms with E-state index in [2.05, 4.69) is 4.99 Å². The summed E-state index contributed by atoms with van der Waals surface area (Å²) in [6.45, 7) is 0. The number of ether oxygens (including phenoxy) is 1. The second kappa shape index (κ2) is 8.25. The highest BCUT2D eigenvalue weighted by molar-refractivity contribution is 7.86. The van der Waals surface area contributed by atoms with E-state index in [-0.39, 0.29) is 17.6 Å². The van der Waals surface area contributed by atoms with E-state index in [9.17, 15) is 13.2 Å². The number of amides is 1. The molecular formula is C24H23N3O5S. The van der Waals surface area contributed by atoms with Gasteiger partial charge in [-0.15, -0.1) is 0 Å². The molecule has 0 bridgehead atoms. The second-order valence-corrected chi connectivity index (χ2v) is 9.24. The van der Waals surface area contributed by atoms with Crippen LogP contribution >= 0.6 is 0 Å². The third-order valence-corrected chi connectivity index (χ3v) is 5.94. The van der Waals surface area contributed by atoms with Crippen LogP contribution in [-0.4, -0.2) is 45.6 Å². The first-order chi connectivity index (χ1) is 15.6. The van der Waals surface area contributed by atoms with Crippen LogP contribution in [0.25, 0.3) is 11.1 Å². The minimum atomic E-state index is -3.68. The predicted octanol–water partition coefficient (Wildman–Crippen LogP) is 2.73. The van der Waals surface area contributed by atoms with Crippen LogP contribution < -0.4 is 14.7 Å². The molecule has 1 atom stereocenters. The van der Waals surface area contributed by atoms with Crippen LogP contribution in [0.3, 0.4) is 0 Å². The molecule has 1 unspecified atom stereocenters. The van der Waals surface area contributed by atoms with Crippen molar-refractivity contribution in [2.24, 2.45) is 10.7 Å². The Bertz CT molecular complexity index is 1350. The number of nitrogens with two attached hydrogens (primary N) is 1. The number of carbonyl (C=O) groups is 1. The van der Waals surface area contributed by atoms with Gasteiger partial charge in [-0.2, -0.15) is 8.42 Å². The topological polar surface area (TPSA) is 111 Å². The molecule has 1 aliphatic heterocycles. The zero-order valence-electron chi connectivity index (χ0n) is 18.3. The summed E-state index contributed by atoms with van der Waals surface area (Å²) in [6.07, 6.45) is 0.965. The highest BCUT2D eigenvalue weighted by atomic mass is 32.2. The van der Waals surface area contributed by atoms with Crippen LogP contribution in [0.5, 0.6) is 11.5 Å². The fourth-order valence-corrected chi connectivity index (χ4v) is 4.30. The maximum absolute atomic E-state index is 13.5. The number of hydrogen-bond acceptors (Lipinski definition) is 7. The van der Waals surface area contributed by atoms with Crippen molar-refractivity contribution in [3.63, 3.8) is 0 Å².